The van der Waals surface area contributed by atoms with Crippen LogP contribution in [0.1, 0.15) is 44.9 Å². The van der Waals surface area contributed by atoms with Gasteiger partial charge in [-0.25, -0.2) is 4.98 Å². The number of hydrogen-bond donors (Lipinski definition) is 0. The van der Waals surface area contributed by atoms with E-state index in [-0.39, 0.29) is 11.7 Å². The maximum atomic E-state index is 13.4. The number of benzene rings is 2. The van der Waals surface area contributed by atoms with Crippen LogP contribution < -0.4 is 15.0 Å². The topological polar surface area (TPSA) is 56.6 Å². The largest absolute Gasteiger partial charge is 0.496 e. The first-order valence-corrected chi connectivity index (χ1v) is 11.8. The number of aryl methyl sites for hydroxylation is 1. The van der Waals surface area contributed by atoms with Crippen LogP contribution in [-0.2, 0) is 6.42 Å². The molecule has 6 heteroatoms. The third-order valence-electron chi connectivity index (χ3n) is 6.93. The quantitative estimate of drug-likeness (QED) is 0.578. The summed E-state index contributed by atoms with van der Waals surface area (Å²) in [5, 5.41) is 0.505. The van der Waals surface area contributed by atoms with Crippen LogP contribution in [0.15, 0.2) is 47.3 Å². The smallest absolute Gasteiger partial charge is 0.269 e. The Hall–Kier alpha value is -2.86. The Morgan fingerprint density at radius 2 is 1.78 bits per heavy atom. The minimum absolute atomic E-state index is 0.110. The lowest BCUT2D eigenvalue weighted by molar-refractivity contribution is 0.0493. The molecule has 0 spiro atoms. The molecule has 1 saturated carbocycles. The first kappa shape index (κ1) is 21.0. The second-order valence-corrected chi connectivity index (χ2v) is 8.81. The molecule has 3 aromatic rings. The molecule has 0 N–H and O–H groups in total. The Labute approximate surface area is 188 Å². The maximum absolute atomic E-state index is 13.4. The van der Waals surface area contributed by atoms with Crippen molar-refractivity contribution in [2.75, 3.05) is 20.2 Å². The first-order valence-electron chi connectivity index (χ1n) is 11.8. The molecule has 1 aliphatic heterocycles. The number of piperidine rings is 1. The molecule has 5 rings (SSSR count). The van der Waals surface area contributed by atoms with Gasteiger partial charge in [0.2, 0.25) is 0 Å². The Bertz CT molecular complexity index is 1140. The Kier molecular flexibility index (Phi) is 5.87. The van der Waals surface area contributed by atoms with Gasteiger partial charge in [-0.15, -0.1) is 0 Å². The molecule has 0 bridgehead atoms. The fourth-order valence-electron chi connectivity index (χ4n) is 4.90. The molecule has 0 radical (unpaired) electrons. The predicted molar refractivity (Wildman–Crippen MR) is 126 cm³/mol. The van der Waals surface area contributed by atoms with E-state index in [9.17, 15) is 4.79 Å². The molecule has 0 atom stereocenters. The number of likely N-dealkylation sites (tertiary alicyclic amines) is 1. The molecule has 2 aliphatic rings. The molecule has 0 amide bonds. The van der Waals surface area contributed by atoms with Crippen molar-refractivity contribution >= 4 is 10.9 Å². The summed E-state index contributed by atoms with van der Waals surface area (Å²) in [4.78, 5) is 20.8. The van der Waals surface area contributed by atoms with Gasteiger partial charge >= 0.3 is 0 Å². The van der Waals surface area contributed by atoms with Crippen molar-refractivity contribution in [3.63, 3.8) is 0 Å². The molecule has 2 heterocycles. The van der Waals surface area contributed by atoms with Gasteiger partial charge in [-0.3, -0.25) is 9.36 Å². The molecule has 0 unspecified atom stereocenters. The summed E-state index contributed by atoms with van der Waals surface area (Å²) in [5.41, 5.74) is 1.34. The average molecular weight is 434 g/mol. The number of nitrogens with zero attached hydrogens (tertiary/aromatic N) is 3. The predicted octanol–water partition coefficient (Wildman–Crippen LogP) is 4.35. The zero-order valence-corrected chi connectivity index (χ0v) is 18.9. The van der Waals surface area contributed by atoms with Crippen LogP contribution in [0.4, 0.5) is 0 Å². The van der Waals surface area contributed by atoms with Crippen LogP contribution in [0.3, 0.4) is 0 Å². The number of fused-ring (bicyclic) bond motifs is 1. The van der Waals surface area contributed by atoms with Gasteiger partial charge in [0.05, 0.1) is 18.3 Å². The maximum Gasteiger partial charge on any atom is 0.269 e. The van der Waals surface area contributed by atoms with Gasteiger partial charge in [-0.2, -0.15) is 0 Å². The monoisotopic (exact) mass is 433 g/mol. The summed E-state index contributed by atoms with van der Waals surface area (Å²) >= 11 is 0. The van der Waals surface area contributed by atoms with E-state index in [1.807, 2.05) is 43.3 Å². The summed E-state index contributed by atoms with van der Waals surface area (Å²) in [6.07, 6.45) is 7.18. The fourth-order valence-corrected chi connectivity index (χ4v) is 4.90. The van der Waals surface area contributed by atoms with E-state index in [2.05, 4.69) is 4.90 Å². The molecule has 6 nitrogen and oxygen atoms in total. The summed E-state index contributed by atoms with van der Waals surface area (Å²) in [6, 6.07) is 14.2. The lowest BCUT2D eigenvalue weighted by atomic mass is 9.90. The van der Waals surface area contributed by atoms with Gasteiger partial charge in [0.15, 0.2) is 0 Å². The molecular formula is C26H31N3O3. The van der Waals surface area contributed by atoms with E-state index in [4.69, 9.17) is 14.5 Å². The van der Waals surface area contributed by atoms with E-state index in [1.165, 1.54) is 19.3 Å². The van der Waals surface area contributed by atoms with Crippen LogP contribution in [0.25, 0.3) is 16.6 Å². The molecule has 168 valence electrons. The second-order valence-electron chi connectivity index (χ2n) is 8.81. The van der Waals surface area contributed by atoms with Gasteiger partial charge in [-0.1, -0.05) is 19.4 Å². The van der Waals surface area contributed by atoms with E-state index < -0.39 is 0 Å². The van der Waals surface area contributed by atoms with Gasteiger partial charge in [-0.05, 0) is 62.1 Å². The molecule has 1 aromatic heterocycles. The van der Waals surface area contributed by atoms with Gasteiger partial charge in [0.1, 0.15) is 28.8 Å². The molecule has 2 fully saturated rings. The van der Waals surface area contributed by atoms with Gasteiger partial charge in [0, 0.05) is 25.6 Å². The van der Waals surface area contributed by atoms with Crippen LogP contribution >= 0.6 is 0 Å². The minimum atomic E-state index is -0.110. The number of ether oxygens (including phenoxy) is 2. The average Bonchev–Trinajstić information content (AvgIpc) is 2.79. The molecular weight excluding hydrogens is 402 g/mol. The van der Waals surface area contributed by atoms with Crippen LogP contribution in [0.5, 0.6) is 11.5 Å². The van der Waals surface area contributed by atoms with Gasteiger partial charge in [0.25, 0.3) is 5.56 Å². The van der Waals surface area contributed by atoms with Crippen molar-refractivity contribution in [2.24, 2.45) is 0 Å². The van der Waals surface area contributed by atoms with Crippen LogP contribution in [-0.4, -0.2) is 46.8 Å². The lowest BCUT2D eigenvalue weighted by Crippen LogP contribution is -2.46. The summed E-state index contributed by atoms with van der Waals surface area (Å²) in [6.45, 7) is 4.28. The summed E-state index contributed by atoms with van der Waals surface area (Å²) in [7, 11) is 1.58. The Morgan fingerprint density at radius 1 is 1.03 bits per heavy atom. The summed E-state index contributed by atoms with van der Waals surface area (Å²) < 4.78 is 13.4. The highest BCUT2D eigenvalue weighted by atomic mass is 16.5. The Balaban J connectivity index is 1.37. The molecule has 32 heavy (non-hydrogen) atoms. The first-order chi connectivity index (χ1) is 15.7. The number of rotatable bonds is 6. The minimum Gasteiger partial charge on any atom is -0.496 e. The van der Waals surface area contributed by atoms with Crippen LogP contribution in [0.2, 0.25) is 0 Å². The van der Waals surface area contributed by atoms with E-state index in [1.54, 1.807) is 17.7 Å². The Morgan fingerprint density at radius 3 is 2.41 bits per heavy atom. The van der Waals surface area contributed by atoms with Gasteiger partial charge < -0.3 is 14.4 Å². The summed E-state index contributed by atoms with van der Waals surface area (Å²) in [5.74, 6) is 2.13. The number of hydrogen-bond acceptors (Lipinski definition) is 5. The van der Waals surface area contributed by atoms with Crippen molar-refractivity contribution < 1.29 is 9.47 Å². The zero-order chi connectivity index (χ0) is 22.1. The highest BCUT2D eigenvalue weighted by molar-refractivity contribution is 5.84. The number of methoxy groups -OCH3 is 1. The lowest BCUT2D eigenvalue weighted by Gasteiger charge is -2.41. The third-order valence-corrected chi connectivity index (χ3v) is 6.93. The van der Waals surface area contributed by atoms with Crippen LogP contribution in [0, 0.1) is 0 Å². The molecule has 2 aromatic carbocycles. The van der Waals surface area contributed by atoms with E-state index in [0.717, 1.165) is 49.2 Å². The second kappa shape index (κ2) is 8.94. The van der Waals surface area contributed by atoms with Crippen molar-refractivity contribution in [1.82, 2.24) is 14.5 Å². The van der Waals surface area contributed by atoms with E-state index >= 15 is 0 Å². The third kappa shape index (κ3) is 3.88. The van der Waals surface area contributed by atoms with E-state index in [0.29, 0.717) is 23.1 Å². The zero-order valence-electron chi connectivity index (χ0n) is 18.9. The molecule has 1 aliphatic carbocycles. The standard InChI is InChI=1S/C26H31N3O3/c1-3-24-27-22-8-5-9-23(31-2)25(22)26(30)29(24)19-10-12-20(13-11-19)32-21-14-16-28(17-15-21)18-6-4-7-18/h5,8-13,18,21H,3-4,6-7,14-17H2,1-2H3. The van der Waals surface area contributed by atoms with Crippen molar-refractivity contribution in [3.05, 3.63) is 58.6 Å². The fraction of sp³-hybridized carbons (Fsp3) is 0.462. The highest BCUT2D eigenvalue weighted by Gasteiger charge is 2.29. The van der Waals surface area contributed by atoms with Crippen molar-refractivity contribution in [1.29, 1.82) is 0 Å². The van der Waals surface area contributed by atoms with Crippen molar-refractivity contribution in [2.45, 2.75) is 57.6 Å². The SMILES string of the molecule is CCc1nc2cccc(OC)c2c(=O)n1-c1ccc(OC2CCN(C3CCC3)CC2)cc1. The molecule has 1 saturated heterocycles. The number of aromatic nitrogens is 2. The normalized spacial score (nSPS) is 17.9. The highest BCUT2D eigenvalue weighted by Crippen LogP contribution is 2.29. The van der Waals surface area contributed by atoms with Crippen molar-refractivity contribution in [3.8, 4) is 17.2 Å².